The number of esters is 1. The van der Waals surface area contributed by atoms with Gasteiger partial charge in [0.05, 0.1) is 5.92 Å². The molecule has 0 spiro atoms. The maximum Gasteiger partial charge on any atom is 0.309 e. The number of carbonyl (C=O) groups is 2. The van der Waals surface area contributed by atoms with E-state index in [-0.39, 0.29) is 42.1 Å². The molecule has 1 saturated heterocycles. The molecule has 4 rings (SSSR count). The number of nitrogen functional groups attached to an aromatic ring is 1. The number of rotatable bonds is 7. The summed E-state index contributed by atoms with van der Waals surface area (Å²) in [6, 6.07) is 13.2. The van der Waals surface area contributed by atoms with Crippen LogP contribution in [0.3, 0.4) is 0 Å². The largest absolute Gasteiger partial charge is 0.457 e. The number of halogens is 1. The third-order valence-electron chi connectivity index (χ3n) is 5.89. The molecule has 1 fully saturated rings. The number of nitrogens with zero attached hydrogens (tertiary/aromatic N) is 4. The number of aryl methyl sites for hydroxylation is 1. The number of hydrogen-bond acceptors (Lipinski definition) is 8. The lowest BCUT2D eigenvalue weighted by Crippen LogP contribution is -2.40. The SMILES string of the molecule is CCc1ccccc1Nc1nc(N)nc(COC(=O)C2CCN(C(=O)c3ccc(F)cc3)CC2)n1. The van der Waals surface area contributed by atoms with Gasteiger partial charge >= 0.3 is 5.97 Å². The smallest absolute Gasteiger partial charge is 0.309 e. The van der Waals surface area contributed by atoms with Crippen LogP contribution in [-0.4, -0.2) is 44.8 Å². The Morgan fingerprint density at radius 1 is 1.09 bits per heavy atom. The van der Waals surface area contributed by atoms with Crippen LogP contribution < -0.4 is 11.1 Å². The zero-order valence-corrected chi connectivity index (χ0v) is 19.4. The number of aromatic nitrogens is 3. The summed E-state index contributed by atoms with van der Waals surface area (Å²) in [7, 11) is 0. The summed E-state index contributed by atoms with van der Waals surface area (Å²) < 4.78 is 18.5. The molecule has 1 aromatic heterocycles. The number of piperidine rings is 1. The molecule has 0 radical (unpaired) electrons. The molecule has 10 heteroatoms. The monoisotopic (exact) mass is 478 g/mol. The topological polar surface area (TPSA) is 123 Å². The van der Waals surface area contributed by atoms with E-state index in [1.165, 1.54) is 24.3 Å². The van der Waals surface area contributed by atoms with Crippen LogP contribution in [0.5, 0.6) is 0 Å². The minimum atomic E-state index is -0.392. The first-order chi connectivity index (χ1) is 16.9. The van der Waals surface area contributed by atoms with Crippen LogP contribution in [0.15, 0.2) is 48.5 Å². The molecule has 3 N–H and O–H groups in total. The lowest BCUT2D eigenvalue weighted by atomic mass is 9.96. The van der Waals surface area contributed by atoms with Crippen molar-refractivity contribution < 1.29 is 18.7 Å². The second kappa shape index (κ2) is 10.9. The van der Waals surface area contributed by atoms with Crippen molar-refractivity contribution in [2.24, 2.45) is 5.92 Å². The van der Waals surface area contributed by atoms with Gasteiger partial charge in [-0.25, -0.2) is 4.39 Å². The predicted octanol–water partition coefficient (Wildman–Crippen LogP) is 3.49. The van der Waals surface area contributed by atoms with Gasteiger partial charge in [0.25, 0.3) is 5.91 Å². The number of benzene rings is 2. The van der Waals surface area contributed by atoms with E-state index in [1.807, 2.05) is 24.3 Å². The maximum absolute atomic E-state index is 13.1. The summed E-state index contributed by atoms with van der Waals surface area (Å²) in [4.78, 5) is 39.4. The molecule has 182 valence electrons. The molecule has 3 aromatic rings. The number of likely N-dealkylation sites (tertiary alicyclic amines) is 1. The van der Waals surface area contributed by atoms with Crippen LogP contribution in [0.25, 0.3) is 0 Å². The van der Waals surface area contributed by atoms with Crippen molar-refractivity contribution >= 4 is 29.5 Å². The zero-order chi connectivity index (χ0) is 24.8. The third kappa shape index (κ3) is 6.08. The van der Waals surface area contributed by atoms with E-state index < -0.39 is 5.82 Å². The molecule has 35 heavy (non-hydrogen) atoms. The van der Waals surface area contributed by atoms with Crippen molar-refractivity contribution in [1.82, 2.24) is 19.9 Å². The van der Waals surface area contributed by atoms with Crippen molar-refractivity contribution in [2.45, 2.75) is 32.8 Å². The molecule has 0 unspecified atom stereocenters. The molecule has 1 aliphatic heterocycles. The quantitative estimate of drug-likeness (QED) is 0.495. The number of ether oxygens (including phenoxy) is 1. The summed E-state index contributed by atoms with van der Waals surface area (Å²) in [6.07, 6.45) is 1.79. The van der Waals surface area contributed by atoms with E-state index in [4.69, 9.17) is 10.5 Å². The fraction of sp³-hybridized carbons (Fsp3) is 0.320. The Bertz CT molecular complexity index is 1200. The standard InChI is InChI=1S/C25H27FN6O3/c1-2-16-5-3-4-6-20(16)28-25-30-21(29-24(27)31-25)15-35-23(34)18-11-13-32(14-12-18)22(33)17-7-9-19(26)10-8-17/h3-10,18H,2,11-15H2,1H3,(H3,27,28,29,30,31). The second-order valence-corrected chi connectivity index (χ2v) is 8.25. The molecule has 0 saturated carbocycles. The average molecular weight is 479 g/mol. The molecular formula is C25H27FN6O3. The number of para-hydroxylation sites is 1. The fourth-order valence-electron chi connectivity index (χ4n) is 3.98. The molecule has 0 bridgehead atoms. The Morgan fingerprint density at radius 2 is 1.80 bits per heavy atom. The molecule has 0 atom stereocenters. The van der Waals surface area contributed by atoms with E-state index in [9.17, 15) is 14.0 Å². The Morgan fingerprint density at radius 3 is 2.51 bits per heavy atom. The molecular weight excluding hydrogens is 451 g/mol. The first kappa shape index (κ1) is 24.1. The van der Waals surface area contributed by atoms with Gasteiger partial charge in [-0.1, -0.05) is 25.1 Å². The zero-order valence-electron chi connectivity index (χ0n) is 19.4. The summed E-state index contributed by atoms with van der Waals surface area (Å²) in [6.45, 7) is 2.75. The highest BCUT2D eigenvalue weighted by molar-refractivity contribution is 5.94. The first-order valence-corrected chi connectivity index (χ1v) is 11.5. The van der Waals surface area contributed by atoms with Gasteiger partial charge < -0.3 is 20.7 Å². The van der Waals surface area contributed by atoms with E-state index in [0.717, 1.165) is 17.7 Å². The predicted molar refractivity (Wildman–Crippen MR) is 128 cm³/mol. The Kier molecular flexibility index (Phi) is 7.49. The van der Waals surface area contributed by atoms with Gasteiger partial charge in [-0.2, -0.15) is 15.0 Å². The van der Waals surface area contributed by atoms with E-state index in [0.29, 0.717) is 31.5 Å². The van der Waals surface area contributed by atoms with E-state index in [2.05, 4.69) is 27.2 Å². The summed E-state index contributed by atoms with van der Waals surface area (Å²) >= 11 is 0. The number of carbonyl (C=O) groups excluding carboxylic acids is 2. The van der Waals surface area contributed by atoms with Gasteiger partial charge in [0.2, 0.25) is 11.9 Å². The van der Waals surface area contributed by atoms with Crippen LogP contribution in [0.4, 0.5) is 22.0 Å². The third-order valence-corrected chi connectivity index (χ3v) is 5.89. The highest BCUT2D eigenvalue weighted by Gasteiger charge is 2.29. The van der Waals surface area contributed by atoms with Gasteiger partial charge in [0.15, 0.2) is 12.4 Å². The molecule has 1 amide bonds. The van der Waals surface area contributed by atoms with Gasteiger partial charge in [-0.3, -0.25) is 9.59 Å². The number of amides is 1. The van der Waals surface area contributed by atoms with Gasteiger partial charge in [0, 0.05) is 24.3 Å². The summed E-state index contributed by atoms with van der Waals surface area (Å²) in [5, 5.41) is 3.15. The minimum absolute atomic E-state index is 0.0233. The number of nitrogens with one attached hydrogen (secondary N) is 1. The van der Waals surface area contributed by atoms with Crippen molar-refractivity contribution in [2.75, 3.05) is 24.1 Å². The van der Waals surface area contributed by atoms with Crippen LogP contribution >= 0.6 is 0 Å². The van der Waals surface area contributed by atoms with E-state index >= 15 is 0 Å². The summed E-state index contributed by atoms with van der Waals surface area (Å²) in [5.41, 5.74) is 8.22. The van der Waals surface area contributed by atoms with Crippen molar-refractivity contribution in [3.8, 4) is 0 Å². The number of anilines is 3. The number of hydrogen-bond donors (Lipinski definition) is 2. The lowest BCUT2D eigenvalue weighted by molar-refractivity contribution is -0.151. The van der Waals surface area contributed by atoms with E-state index in [1.54, 1.807) is 4.90 Å². The van der Waals surface area contributed by atoms with Crippen LogP contribution in [0.2, 0.25) is 0 Å². The van der Waals surface area contributed by atoms with Crippen LogP contribution in [-0.2, 0) is 22.6 Å². The van der Waals surface area contributed by atoms with Crippen molar-refractivity contribution in [3.05, 3.63) is 71.3 Å². The normalized spacial score (nSPS) is 13.9. The van der Waals surface area contributed by atoms with Crippen molar-refractivity contribution in [3.63, 3.8) is 0 Å². The van der Waals surface area contributed by atoms with Crippen LogP contribution in [0, 0.1) is 11.7 Å². The van der Waals surface area contributed by atoms with Gasteiger partial charge in [0.1, 0.15) is 5.82 Å². The van der Waals surface area contributed by atoms with Gasteiger partial charge in [-0.15, -0.1) is 0 Å². The first-order valence-electron chi connectivity index (χ1n) is 11.5. The Balaban J connectivity index is 1.31. The minimum Gasteiger partial charge on any atom is -0.457 e. The second-order valence-electron chi connectivity index (χ2n) is 8.25. The average Bonchev–Trinajstić information content (AvgIpc) is 2.87. The Labute approximate surface area is 202 Å². The maximum atomic E-state index is 13.1. The van der Waals surface area contributed by atoms with Crippen molar-refractivity contribution in [1.29, 1.82) is 0 Å². The fourth-order valence-corrected chi connectivity index (χ4v) is 3.98. The van der Waals surface area contributed by atoms with Crippen LogP contribution in [0.1, 0.15) is 41.5 Å². The highest BCUT2D eigenvalue weighted by atomic mass is 19.1. The Hall–Kier alpha value is -4.08. The summed E-state index contributed by atoms with van der Waals surface area (Å²) in [5.74, 6) is -0.735. The lowest BCUT2D eigenvalue weighted by Gasteiger charge is -2.31. The molecule has 0 aliphatic carbocycles. The highest BCUT2D eigenvalue weighted by Crippen LogP contribution is 2.22. The number of nitrogens with two attached hydrogens (primary N) is 1. The molecule has 1 aliphatic rings. The molecule has 9 nitrogen and oxygen atoms in total. The molecule has 2 heterocycles. The molecule has 2 aromatic carbocycles. The van der Waals surface area contributed by atoms with Gasteiger partial charge in [-0.05, 0) is 55.2 Å².